The second-order valence-corrected chi connectivity index (χ2v) is 5.06. The maximum Gasteiger partial charge on any atom is 0.0295 e. The minimum atomic E-state index is 0.354. The van der Waals surface area contributed by atoms with Crippen molar-refractivity contribution in [3.8, 4) is 0 Å². The van der Waals surface area contributed by atoms with Crippen molar-refractivity contribution < 1.29 is 0 Å². The average molecular weight is 290 g/mol. The molecule has 0 amide bonds. The molecular weight excluding hydrogens is 274 g/mol. The number of benzene rings is 2. The average Bonchev–Trinajstić information content (AvgIpc) is 2.37. The summed E-state index contributed by atoms with van der Waals surface area (Å²) in [6.07, 6.45) is 0. The van der Waals surface area contributed by atoms with Gasteiger partial charge in [-0.25, -0.2) is 0 Å². The van der Waals surface area contributed by atoms with Gasteiger partial charge in [-0.2, -0.15) is 0 Å². The molecule has 0 heterocycles. The Hall–Kier alpha value is -1.12. The molecule has 0 aromatic heterocycles. The Bertz CT molecular complexity index is 467. The first kappa shape index (κ1) is 12.3. The van der Waals surface area contributed by atoms with E-state index in [1.54, 1.807) is 0 Å². The molecule has 0 bridgehead atoms. The predicted octanol–water partition coefficient (Wildman–Crippen LogP) is 4.30. The van der Waals surface area contributed by atoms with Gasteiger partial charge in [-0.3, -0.25) is 0 Å². The monoisotopic (exact) mass is 289 g/mol. The van der Waals surface area contributed by atoms with Crippen LogP contribution in [0.4, 0.5) is 0 Å². The van der Waals surface area contributed by atoms with Crippen LogP contribution in [0.15, 0.2) is 59.1 Å². The van der Waals surface area contributed by atoms with Gasteiger partial charge in [-0.15, -0.1) is 0 Å². The van der Waals surface area contributed by atoms with Crippen LogP contribution in [0.25, 0.3) is 0 Å². The SMILES string of the molecule is C[C@@H](NCc1ccccc1)c1cccc(Br)c1. The van der Waals surface area contributed by atoms with Gasteiger partial charge < -0.3 is 5.32 Å². The first-order valence-electron chi connectivity index (χ1n) is 5.78. The van der Waals surface area contributed by atoms with Crippen molar-refractivity contribution in [1.82, 2.24) is 5.32 Å². The quantitative estimate of drug-likeness (QED) is 0.885. The molecule has 88 valence electrons. The lowest BCUT2D eigenvalue weighted by molar-refractivity contribution is 0.574. The molecule has 0 radical (unpaired) electrons. The minimum Gasteiger partial charge on any atom is -0.306 e. The number of halogens is 1. The fourth-order valence-electron chi connectivity index (χ4n) is 1.76. The third-order valence-corrected chi connectivity index (χ3v) is 3.30. The molecule has 17 heavy (non-hydrogen) atoms. The zero-order valence-electron chi connectivity index (χ0n) is 9.86. The van der Waals surface area contributed by atoms with Gasteiger partial charge in [0.2, 0.25) is 0 Å². The number of hydrogen-bond donors (Lipinski definition) is 1. The van der Waals surface area contributed by atoms with Gasteiger partial charge in [0, 0.05) is 17.1 Å². The Labute approximate surface area is 111 Å². The van der Waals surface area contributed by atoms with Crippen LogP contribution in [-0.2, 0) is 6.54 Å². The normalized spacial score (nSPS) is 12.4. The van der Waals surface area contributed by atoms with Crippen LogP contribution in [0.3, 0.4) is 0 Å². The van der Waals surface area contributed by atoms with E-state index < -0.39 is 0 Å². The maximum absolute atomic E-state index is 3.52. The fraction of sp³-hybridized carbons (Fsp3) is 0.200. The Balaban J connectivity index is 1.96. The molecule has 0 unspecified atom stereocenters. The van der Waals surface area contributed by atoms with E-state index in [0.29, 0.717) is 6.04 Å². The zero-order valence-corrected chi connectivity index (χ0v) is 11.4. The van der Waals surface area contributed by atoms with Crippen LogP contribution >= 0.6 is 15.9 Å². The summed E-state index contributed by atoms with van der Waals surface area (Å²) in [5, 5.41) is 3.52. The highest BCUT2D eigenvalue weighted by atomic mass is 79.9. The predicted molar refractivity (Wildman–Crippen MR) is 75.8 cm³/mol. The number of rotatable bonds is 4. The first-order valence-corrected chi connectivity index (χ1v) is 6.58. The van der Waals surface area contributed by atoms with Gasteiger partial charge in [-0.1, -0.05) is 58.4 Å². The summed E-state index contributed by atoms with van der Waals surface area (Å²) in [7, 11) is 0. The van der Waals surface area contributed by atoms with Gasteiger partial charge in [0.15, 0.2) is 0 Å². The first-order chi connectivity index (χ1) is 8.25. The summed E-state index contributed by atoms with van der Waals surface area (Å²) in [6.45, 7) is 3.08. The molecule has 2 heteroatoms. The summed E-state index contributed by atoms with van der Waals surface area (Å²) < 4.78 is 1.13. The van der Waals surface area contributed by atoms with Gasteiger partial charge in [0.05, 0.1) is 0 Å². The van der Waals surface area contributed by atoms with E-state index in [2.05, 4.69) is 70.6 Å². The fourth-order valence-corrected chi connectivity index (χ4v) is 2.18. The zero-order chi connectivity index (χ0) is 12.1. The highest BCUT2D eigenvalue weighted by Crippen LogP contribution is 2.18. The third kappa shape index (κ3) is 3.69. The molecule has 0 saturated heterocycles. The van der Waals surface area contributed by atoms with Gasteiger partial charge in [0.1, 0.15) is 0 Å². The molecule has 2 aromatic rings. The van der Waals surface area contributed by atoms with Crippen molar-refractivity contribution >= 4 is 15.9 Å². The number of hydrogen-bond acceptors (Lipinski definition) is 1. The van der Waals surface area contributed by atoms with Crippen molar-refractivity contribution in [3.63, 3.8) is 0 Å². The van der Waals surface area contributed by atoms with Crippen molar-refractivity contribution in [2.45, 2.75) is 19.5 Å². The van der Waals surface area contributed by atoms with Crippen molar-refractivity contribution in [3.05, 3.63) is 70.2 Å². The van der Waals surface area contributed by atoms with E-state index in [1.807, 2.05) is 12.1 Å². The molecule has 1 N–H and O–H groups in total. The molecule has 0 saturated carbocycles. The molecule has 0 aliphatic rings. The van der Waals surface area contributed by atoms with Crippen LogP contribution in [0.2, 0.25) is 0 Å². The standard InChI is InChI=1S/C15H16BrN/c1-12(14-8-5-9-15(16)10-14)17-11-13-6-3-2-4-7-13/h2-10,12,17H,11H2,1H3/t12-/m1/s1. The molecule has 1 atom stereocenters. The molecule has 0 aliphatic carbocycles. The van der Waals surface area contributed by atoms with Crippen LogP contribution < -0.4 is 5.32 Å². The number of nitrogens with one attached hydrogen (secondary N) is 1. The van der Waals surface area contributed by atoms with E-state index in [9.17, 15) is 0 Å². The van der Waals surface area contributed by atoms with E-state index in [0.717, 1.165) is 11.0 Å². The lowest BCUT2D eigenvalue weighted by atomic mass is 10.1. The summed E-state index contributed by atoms with van der Waals surface area (Å²) in [6, 6.07) is 19.2. The van der Waals surface area contributed by atoms with Crippen molar-refractivity contribution in [2.24, 2.45) is 0 Å². The topological polar surface area (TPSA) is 12.0 Å². The second kappa shape index (κ2) is 5.99. The Morgan fingerprint density at radius 3 is 2.53 bits per heavy atom. The largest absolute Gasteiger partial charge is 0.306 e. The Morgan fingerprint density at radius 2 is 1.82 bits per heavy atom. The minimum absolute atomic E-state index is 0.354. The van der Waals surface area contributed by atoms with Crippen molar-refractivity contribution in [2.75, 3.05) is 0 Å². The maximum atomic E-state index is 3.52. The summed E-state index contributed by atoms with van der Waals surface area (Å²) in [5.41, 5.74) is 2.62. The van der Waals surface area contributed by atoms with E-state index in [4.69, 9.17) is 0 Å². The molecule has 2 rings (SSSR count). The van der Waals surface area contributed by atoms with Crippen LogP contribution in [0, 0.1) is 0 Å². The second-order valence-electron chi connectivity index (χ2n) is 4.14. The molecule has 0 spiro atoms. The van der Waals surface area contributed by atoms with Crippen LogP contribution in [0.1, 0.15) is 24.1 Å². The molecule has 2 aromatic carbocycles. The van der Waals surface area contributed by atoms with E-state index in [-0.39, 0.29) is 0 Å². The van der Waals surface area contributed by atoms with Crippen LogP contribution in [-0.4, -0.2) is 0 Å². The van der Waals surface area contributed by atoms with Crippen LogP contribution in [0.5, 0.6) is 0 Å². The van der Waals surface area contributed by atoms with Crippen molar-refractivity contribution in [1.29, 1.82) is 0 Å². The molecule has 0 fully saturated rings. The Kier molecular flexibility index (Phi) is 4.35. The summed E-state index contributed by atoms with van der Waals surface area (Å²) in [4.78, 5) is 0. The highest BCUT2D eigenvalue weighted by molar-refractivity contribution is 9.10. The highest BCUT2D eigenvalue weighted by Gasteiger charge is 2.04. The van der Waals surface area contributed by atoms with Gasteiger partial charge in [-0.05, 0) is 30.2 Å². The lowest BCUT2D eigenvalue weighted by Crippen LogP contribution is -2.17. The van der Waals surface area contributed by atoms with Gasteiger partial charge in [0.25, 0.3) is 0 Å². The summed E-state index contributed by atoms with van der Waals surface area (Å²) >= 11 is 3.50. The molecule has 0 aliphatic heterocycles. The lowest BCUT2D eigenvalue weighted by Gasteiger charge is -2.14. The summed E-state index contributed by atoms with van der Waals surface area (Å²) in [5.74, 6) is 0. The smallest absolute Gasteiger partial charge is 0.0295 e. The Morgan fingerprint density at radius 1 is 1.06 bits per heavy atom. The van der Waals surface area contributed by atoms with E-state index in [1.165, 1.54) is 11.1 Å². The molecular formula is C15H16BrN. The van der Waals surface area contributed by atoms with E-state index >= 15 is 0 Å². The van der Waals surface area contributed by atoms with Gasteiger partial charge >= 0.3 is 0 Å². The molecule has 1 nitrogen and oxygen atoms in total. The third-order valence-electron chi connectivity index (χ3n) is 2.80.